The van der Waals surface area contributed by atoms with E-state index in [1.54, 1.807) is 6.08 Å². The molecule has 0 heterocycles. The van der Waals surface area contributed by atoms with Crippen LogP contribution in [0.1, 0.15) is 354 Å². The fraction of sp³-hybridized carbons (Fsp3) is 0.937. The standard InChI is InChI=1S/C63H123NO5/c1-3-5-7-9-11-13-15-17-18-19-20-21-23-26-29-32-35-39-43-47-51-55-61(66)60(59-65)64-62(67)56-52-48-44-40-36-33-30-27-24-22-25-28-31-34-38-42-46-50-54-58-69-63(68)57-53-49-45-41-37-16-14-12-10-8-6-4-2/h51,55,60-61,65-66H,3-50,52-54,56-59H2,1-2H3,(H,64,67)/b55-51+. The van der Waals surface area contributed by atoms with Gasteiger partial charge in [0.25, 0.3) is 0 Å². The summed E-state index contributed by atoms with van der Waals surface area (Å²) < 4.78 is 5.47. The highest BCUT2D eigenvalue weighted by molar-refractivity contribution is 5.76. The lowest BCUT2D eigenvalue weighted by molar-refractivity contribution is -0.143. The molecule has 0 rings (SSSR count). The molecule has 3 N–H and O–H groups in total. The maximum Gasteiger partial charge on any atom is 0.305 e. The van der Waals surface area contributed by atoms with Crippen molar-refractivity contribution in [3.63, 3.8) is 0 Å². The van der Waals surface area contributed by atoms with E-state index in [0.717, 1.165) is 38.5 Å². The monoisotopic (exact) mass is 974 g/mol. The Balaban J connectivity index is 3.43. The van der Waals surface area contributed by atoms with Gasteiger partial charge >= 0.3 is 5.97 Å². The third kappa shape index (κ3) is 55.8. The lowest BCUT2D eigenvalue weighted by Gasteiger charge is -2.20. The van der Waals surface area contributed by atoms with Crippen LogP contribution in [0.15, 0.2) is 12.2 Å². The van der Waals surface area contributed by atoms with E-state index in [-0.39, 0.29) is 18.5 Å². The quantitative estimate of drug-likeness (QED) is 0.0321. The van der Waals surface area contributed by atoms with Crippen LogP contribution in [-0.2, 0) is 14.3 Å². The zero-order valence-electron chi connectivity index (χ0n) is 46.8. The molecule has 0 saturated carbocycles. The van der Waals surface area contributed by atoms with Crippen molar-refractivity contribution >= 4 is 11.9 Å². The van der Waals surface area contributed by atoms with Gasteiger partial charge in [-0.25, -0.2) is 0 Å². The van der Waals surface area contributed by atoms with E-state index in [9.17, 15) is 19.8 Å². The SMILES string of the molecule is CCCCCCCCCCCCCCCCCCCCC/C=C/C(O)C(CO)NC(=O)CCCCCCCCCCCCCCCCCCCCCOC(=O)CCCCCCCCCCCCCC. The van der Waals surface area contributed by atoms with Crippen LogP contribution in [0.4, 0.5) is 0 Å². The number of rotatable bonds is 59. The minimum atomic E-state index is -0.846. The lowest BCUT2D eigenvalue weighted by atomic mass is 10.0. The smallest absolute Gasteiger partial charge is 0.305 e. The first-order valence-corrected chi connectivity index (χ1v) is 31.5. The molecule has 0 radical (unpaired) electrons. The maximum absolute atomic E-state index is 12.5. The summed E-state index contributed by atoms with van der Waals surface area (Å²) in [5.41, 5.74) is 0. The molecule has 410 valence electrons. The van der Waals surface area contributed by atoms with Crippen molar-refractivity contribution in [3.05, 3.63) is 12.2 Å². The minimum absolute atomic E-state index is 0.00983. The largest absolute Gasteiger partial charge is 0.466 e. The van der Waals surface area contributed by atoms with E-state index in [2.05, 4.69) is 19.2 Å². The molecule has 0 spiro atoms. The maximum atomic E-state index is 12.5. The summed E-state index contributed by atoms with van der Waals surface area (Å²) in [6.07, 6.45) is 71.1. The topological polar surface area (TPSA) is 95.9 Å². The summed E-state index contributed by atoms with van der Waals surface area (Å²) in [5, 5.41) is 23.2. The van der Waals surface area contributed by atoms with Gasteiger partial charge in [-0.15, -0.1) is 0 Å². The molecule has 0 aromatic heterocycles. The second-order valence-electron chi connectivity index (χ2n) is 21.8. The molecule has 0 saturated heterocycles. The zero-order chi connectivity index (χ0) is 50.0. The number of aliphatic hydroxyl groups excluding tert-OH is 2. The zero-order valence-corrected chi connectivity index (χ0v) is 46.8. The van der Waals surface area contributed by atoms with Crippen LogP contribution >= 0.6 is 0 Å². The summed E-state index contributed by atoms with van der Waals surface area (Å²) in [4.78, 5) is 24.5. The second-order valence-corrected chi connectivity index (χ2v) is 21.8. The number of allylic oxidation sites excluding steroid dienone is 1. The van der Waals surface area contributed by atoms with Crippen LogP contribution in [0.25, 0.3) is 0 Å². The van der Waals surface area contributed by atoms with Gasteiger partial charge in [-0.2, -0.15) is 0 Å². The first-order chi connectivity index (χ1) is 34.0. The molecule has 0 aliphatic heterocycles. The number of unbranched alkanes of at least 4 members (excludes halogenated alkanes) is 48. The number of amides is 1. The molecule has 0 aromatic rings. The fourth-order valence-electron chi connectivity index (χ4n) is 9.99. The van der Waals surface area contributed by atoms with E-state index >= 15 is 0 Å². The Morgan fingerprint density at radius 1 is 0.391 bits per heavy atom. The van der Waals surface area contributed by atoms with Gasteiger partial charge in [0.2, 0.25) is 5.91 Å². The molecule has 0 aliphatic rings. The number of carbonyl (C=O) groups excluding carboxylic acids is 2. The molecule has 2 atom stereocenters. The van der Waals surface area contributed by atoms with Crippen molar-refractivity contribution in [2.75, 3.05) is 13.2 Å². The molecule has 2 unspecified atom stereocenters. The molecular formula is C63H123NO5. The molecule has 69 heavy (non-hydrogen) atoms. The van der Waals surface area contributed by atoms with Gasteiger partial charge in [0.05, 0.1) is 25.4 Å². The first-order valence-electron chi connectivity index (χ1n) is 31.5. The first kappa shape index (κ1) is 67.6. The van der Waals surface area contributed by atoms with Gasteiger partial charge in [-0.05, 0) is 32.1 Å². The molecule has 0 aromatic carbocycles. The van der Waals surface area contributed by atoms with Crippen LogP contribution in [0.3, 0.4) is 0 Å². The highest BCUT2D eigenvalue weighted by Crippen LogP contribution is 2.18. The van der Waals surface area contributed by atoms with Crippen LogP contribution < -0.4 is 5.32 Å². The van der Waals surface area contributed by atoms with E-state index in [1.807, 2.05) is 6.08 Å². The molecule has 1 amide bonds. The third-order valence-electron chi connectivity index (χ3n) is 14.8. The Labute approximate surface area is 431 Å². The predicted octanol–water partition coefficient (Wildman–Crippen LogP) is 19.6. The van der Waals surface area contributed by atoms with E-state index in [1.165, 1.54) is 289 Å². The van der Waals surface area contributed by atoms with Crippen LogP contribution in [0, 0.1) is 0 Å². The predicted molar refractivity (Wildman–Crippen MR) is 301 cm³/mol. The second kappa shape index (κ2) is 59.2. The Bertz CT molecular complexity index is 1030. The summed E-state index contributed by atoms with van der Waals surface area (Å²) in [6, 6.07) is -0.630. The minimum Gasteiger partial charge on any atom is -0.466 e. The summed E-state index contributed by atoms with van der Waals surface area (Å²) >= 11 is 0. The highest BCUT2D eigenvalue weighted by atomic mass is 16.5. The Morgan fingerprint density at radius 2 is 0.667 bits per heavy atom. The Hall–Kier alpha value is -1.40. The molecule has 0 aliphatic carbocycles. The van der Waals surface area contributed by atoms with E-state index in [4.69, 9.17) is 4.74 Å². The summed E-state index contributed by atoms with van der Waals surface area (Å²) in [6.45, 7) is 4.93. The van der Waals surface area contributed by atoms with Crippen LogP contribution in [0.5, 0.6) is 0 Å². The molecular weight excluding hydrogens is 851 g/mol. The van der Waals surface area contributed by atoms with Crippen molar-refractivity contribution in [3.8, 4) is 0 Å². The van der Waals surface area contributed by atoms with Crippen molar-refractivity contribution < 1.29 is 24.5 Å². The Kier molecular flexibility index (Phi) is 58.0. The molecule has 0 fully saturated rings. The number of ether oxygens (including phenoxy) is 1. The van der Waals surface area contributed by atoms with Crippen LogP contribution in [-0.4, -0.2) is 47.4 Å². The fourth-order valence-corrected chi connectivity index (χ4v) is 9.99. The van der Waals surface area contributed by atoms with Crippen molar-refractivity contribution in [1.29, 1.82) is 0 Å². The van der Waals surface area contributed by atoms with E-state index < -0.39 is 12.1 Å². The van der Waals surface area contributed by atoms with Crippen molar-refractivity contribution in [2.24, 2.45) is 0 Å². The molecule has 6 heteroatoms. The van der Waals surface area contributed by atoms with Gasteiger partial charge < -0.3 is 20.3 Å². The van der Waals surface area contributed by atoms with E-state index in [0.29, 0.717) is 19.4 Å². The van der Waals surface area contributed by atoms with Gasteiger partial charge in [-0.1, -0.05) is 321 Å². The highest BCUT2D eigenvalue weighted by Gasteiger charge is 2.18. The molecule has 0 bridgehead atoms. The number of hydrogen-bond donors (Lipinski definition) is 3. The van der Waals surface area contributed by atoms with Gasteiger partial charge in [-0.3, -0.25) is 9.59 Å². The number of carbonyl (C=O) groups is 2. The summed E-state index contributed by atoms with van der Waals surface area (Å²) in [5.74, 6) is -0.0571. The normalized spacial score (nSPS) is 12.6. The third-order valence-corrected chi connectivity index (χ3v) is 14.8. The van der Waals surface area contributed by atoms with Gasteiger partial charge in [0.1, 0.15) is 0 Å². The lowest BCUT2D eigenvalue weighted by Crippen LogP contribution is -2.45. The molecule has 6 nitrogen and oxygen atoms in total. The van der Waals surface area contributed by atoms with Crippen molar-refractivity contribution in [1.82, 2.24) is 5.32 Å². The van der Waals surface area contributed by atoms with Gasteiger partial charge in [0, 0.05) is 12.8 Å². The van der Waals surface area contributed by atoms with Gasteiger partial charge in [0.15, 0.2) is 0 Å². The number of aliphatic hydroxyl groups is 2. The summed E-state index contributed by atoms with van der Waals surface area (Å²) in [7, 11) is 0. The average molecular weight is 975 g/mol. The number of nitrogens with one attached hydrogen (secondary N) is 1. The number of esters is 1. The Morgan fingerprint density at radius 3 is 0.986 bits per heavy atom. The van der Waals surface area contributed by atoms with Crippen molar-refractivity contribution in [2.45, 2.75) is 366 Å². The average Bonchev–Trinajstić information content (AvgIpc) is 3.35. The van der Waals surface area contributed by atoms with Crippen LogP contribution in [0.2, 0.25) is 0 Å². The number of hydrogen-bond acceptors (Lipinski definition) is 5.